The first-order valence-electron chi connectivity index (χ1n) is 12.5. The largest absolute Gasteiger partial charge is 0.241 e. The molecule has 0 amide bonds. The van der Waals surface area contributed by atoms with E-state index in [1.54, 1.807) is 0 Å². The first kappa shape index (κ1) is 21.8. The van der Waals surface area contributed by atoms with E-state index in [1.807, 2.05) is 12.4 Å². The van der Waals surface area contributed by atoms with Gasteiger partial charge in [-0.15, -0.1) is 0 Å². The van der Waals surface area contributed by atoms with Crippen LogP contribution in [-0.4, -0.2) is 9.97 Å². The SMILES string of the molecule is CCCCCCC[C@H]1CC[C@H]([C@H]2CC[C@H](CCc3ncc(C)cn3)CC2)CC1. The van der Waals surface area contributed by atoms with Crippen molar-refractivity contribution in [1.29, 1.82) is 0 Å². The van der Waals surface area contributed by atoms with Gasteiger partial charge < -0.3 is 0 Å². The number of aromatic nitrogens is 2. The smallest absolute Gasteiger partial charge is 0.128 e. The van der Waals surface area contributed by atoms with Gasteiger partial charge in [-0.25, -0.2) is 9.97 Å². The third-order valence-electron chi connectivity index (χ3n) is 7.78. The van der Waals surface area contributed by atoms with Gasteiger partial charge in [0.25, 0.3) is 0 Å². The minimum atomic E-state index is 0.917. The minimum absolute atomic E-state index is 0.917. The number of hydrogen-bond donors (Lipinski definition) is 0. The lowest BCUT2D eigenvalue weighted by Gasteiger charge is -2.38. The maximum Gasteiger partial charge on any atom is 0.128 e. The zero-order valence-electron chi connectivity index (χ0n) is 18.7. The Labute approximate surface area is 174 Å². The van der Waals surface area contributed by atoms with E-state index < -0.39 is 0 Å². The van der Waals surface area contributed by atoms with Crippen LogP contribution in [0.2, 0.25) is 0 Å². The zero-order valence-corrected chi connectivity index (χ0v) is 18.7. The summed E-state index contributed by atoms with van der Waals surface area (Å²) in [5.41, 5.74) is 1.16. The predicted molar refractivity (Wildman–Crippen MR) is 119 cm³/mol. The van der Waals surface area contributed by atoms with E-state index in [-0.39, 0.29) is 0 Å². The number of unbranched alkanes of at least 4 members (excludes halogenated alkanes) is 4. The van der Waals surface area contributed by atoms with Crippen molar-refractivity contribution in [3.8, 4) is 0 Å². The second-order valence-electron chi connectivity index (χ2n) is 9.98. The molecule has 2 heteroatoms. The van der Waals surface area contributed by atoms with Crippen LogP contribution in [0.1, 0.15) is 115 Å². The fourth-order valence-electron chi connectivity index (χ4n) is 5.81. The number of nitrogens with zero attached hydrogens (tertiary/aromatic N) is 2. The van der Waals surface area contributed by atoms with Gasteiger partial charge in [0.1, 0.15) is 5.82 Å². The molecule has 2 nitrogen and oxygen atoms in total. The first-order valence-corrected chi connectivity index (χ1v) is 12.5. The third-order valence-corrected chi connectivity index (χ3v) is 7.78. The molecule has 3 rings (SSSR count). The van der Waals surface area contributed by atoms with Gasteiger partial charge in [0.2, 0.25) is 0 Å². The molecule has 0 N–H and O–H groups in total. The fourth-order valence-corrected chi connectivity index (χ4v) is 5.81. The number of rotatable bonds is 10. The molecule has 2 aliphatic carbocycles. The summed E-state index contributed by atoms with van der Waals surface area (Å²) in [5, 5.41) is 0. The molecule has 1 heterocycles. The lowest BCUT2D eigenvalue weighted by molar-refractivity contribution is 0.140. The molecular weight excluding hydrogens is 340 g/mol. The van der Waals surface area contributed by atoms with Crippen LogP contribution in [0.3, 0.4) is 0 Å². The van der Waals surface area contributed by atoms with Crippen molar-refractivity contribution < 1.29 is 0 Å². The third kappa shape index (κ3) is 7.16. The number of hydrogen-bond acceptors (Lipinski definition) is 2. The van der Waals surface area contributed by atoms with Crippen LogP contribution in [0.4, 0.5) is 0 Å². The van der Waals surface area contributed by atoms with Crippen LogP contribution < -0.4 is 0 Å². The minimum Gasteiger partial charge on any atom is -0.241 e. The Morgan fingerprint density at radius 1 is 0.714 bits per heavy atom. The van der Waals surface area contributed by atoms with Crippen molar-refractivity contribution >= 4 is 0 Å². The predicted octanol–water partition coefficient (Wildman–Crippen LogP) is 7.69. The Morgan fingerprint density at radius 3 is 1.82 bits per heavy atom. The molecule has 0 saturated heterocycles. The molecule has 0 aliphatic heterocycles. The Morgan fingerprint density at radius 2 is 1.25 bits per heavy atom. The summed E-state index contributed by atoms with van der Waals surface area (Å²) in [4.78, 5) is 8.97. The van der Waals surface area contributed by atoms with E-state index in [4.69, 9.17) is 0 Å². The van der Waals surface area contributed by atoms with Crippen molar-refractivity contribution in [2.45, 2.75) is 117 Å². The average Bonchev–Trinajstić information content (AvgIpc) is 2.74. The summed E-state index contributed by atoms with van der Waals surface area (Å²) >= 11 is 0. The molecule has 158 valence electrons. The van der Waals surface area contributed by atoms with Gasteiger partial charge in [-0.2, -0.15) is 0 Å². The lowest BCUT2D eigenvalue weighted by atomic mass is 9.68. The van der Waals surface area contributed by atoms with Crippen LogP contribution in [-0.2, 0) is 6.42 Å². The van der Waals surface area contributed by atoms with Gasteiger partial charge in [0, 0.05) is 18.8 Å². The van der Waals surface area contributed by atoms with E-state index in [1.165, 1.54) is 96.3 Å². The molecule has 2 fully saturated rings. The normalized spacial score (nSPS) is 28.4. The van der Waals surface area contributed by atoms with Crippen molar-refractivity contribution in [2.75, 3.05) is 0 Å². The van der Waals surface area contributed by atoms with E-state index >= 15 is 0 Å². The molecule has 2 saturated carbocycles. The number of aryl methyl sites for hydroxylation is 2. The highest BCUT2D eigenvalue weighted by Gasteiger charge is 2.30. The summed E-state index contributed by atoms with van der Waals surface area (Å²) < 4.78 is 0. The second-order valence-corrected chi connectivity index (χ2v) is 9.98. The molecule has 1 aromatic rings. The molecule has 2 aliphatic rings. The maximum absolute atomic E-state index is 4.48. The van der Waals surface area contributed by atoms with Crippen LogP contribution in [0.5, 0.6) is 0 Å². The summed E-state index contributed by atoms with van der Waals surface area (Å²) in [6.45, 7) is 4.37. The summed E-state index contributed by atoms with van der Waals surface area (Å²) in [7, 11) is 0. The molecule has 0 atom stereocenters. The Kier molecular flexibility index (Phi) is 9.28. The van der Waals surface area contributed by atoms with E-state index in [0.717, 1.165) is 41.5 Å². The van der Waals surface area contributed by atoms with Crippen molar-refractivity contribution in [3.63, 3.8) is 0 Å². The van der Waals surface area contributed by atoms with Crippen molar-refractivity contribution in [2.24, 2.45) is 23.7 Å². The van der Waals surface area contributed by atoms with Gasteiger partial charge in [-0.05, 0) is 68.3 Å². The summed E-state index contributed by atoms with van der Waals surface area (Å²) in [6.07, 6.45) is 27.1. The van der Waals surface area contributed by atoms with Gasteiger partial charge >= 0.3 is 0 Å². The molecule has 0 radical (unpaired) electrons. The van der Waals surface area contributed by atoms with Gasteiger partial charge in [-0.1, -0.05) is 71.1 Å². The Bertz CT molecular complexity index is 522. The highest BCUT2D eigenvalue weighted by atomic mass is 14.9. The van der Waals surface area contributed by atoms with Crippen LogP contribution >= 0.6 is 0 Å². The monoisotopic (exact) mass is 384 g/mol. The van der Waals surface area contributed by atoms with Crippen LogP contribution in [0.15, 0.2) is 12.4 Å². The van der Waals surface area contributed by atoms with Gasteiger partial charge in [-0.3, -0.25) is 0 Å². The molecule has 0 aromatic carbocycles. The molecule has 28 heavy (non-hydrogen) atoms. The first-order chi connectivity index (χ1) is 13.7. The zero-order chi connectivity index (χ0) is 19.6. The fraction of sp³-hybridized carbons (Fsp3) is 0.846. The highest BCUT2D eigenvalue weighted by Crippen LogP contribution is 2.43. The van der Waals surface area contributed by atoms with Crippen molar-refractivity contribution in [3.05, 3.63) is 23.8 Å². The van der Waals surface area contributed by atoms with Gasteiger partial charge in [0.15, 0.2) is 0 Å². The topological polar surface area (TPSA) is 25.8 Å². The Hall–Kier alpha value is -0.920. The summed E-state index contributed by atoms with van der Waals surface area (Å²) in [5.74, 6) is 5.11. The lowest BCUT2D eigenvalue weighted by Crippen LogP contribution is -2.26. The maximum atomic E-state index is 4.48. The van der Waals surface area contributed by atoms with Gasteiger partial charge in [0.05, 0.1) is 0 Å². The Balaban J connectivity index is 1.27. The molecule has 0 spiro atoms. The van der Waals surface area contributed by atoms with Crippen molar-refractivity contribution in [1.82, 2.24) is 9.97 Å². The van der Waals surface area contributed by atoms with Crippen LogP contribution in [0, 0.1) is 30.6 Å². The van der Waals surface area contributed by atoms with E-state index in [0.29, 0.717) is 0 Å². The molecular formula is C26H44N2. The standard InChI is InChI=1S/C26H44N2/c1-3-4-5-6-7-8-22-9-14-24(15-10-22)25-16-11-23(12-17-25)13-18-26-27-19-21(2)20-28-26/h19-20,22-25H,3-18H2,1-2H3/t22-,23-,24-,25-. The molecule has 1 aromatic heterocycles. The summed E-state index contributed by atoms with van der Waals surface area (Å²) in [6, 6.07) is 0. The highest BCUT2D eigenvalue weighted by molar-refractivity contribution is 5.02. The average molecular weight is 385 g/mol. The van der Waals surface area contributed by atoms with E-state index in [2.05, 4.69) is 23.8 Å². The molecule has 0 unspecified atom stereocenters. The quantitative estimate of drug-likeness (QED) is 0.386. The molecule has 0 bridgehead atoms. The van der Waals surface area contributed by atoms with Crippen LogP contribution in [0.25, 0.3) is 0 Å². The van der Waals surface area contributed by atoms with E-state index in [9.17, 15) is 0 Å². The second kappa shape index (κ2) is 11.9.